The van der Waals surface area contributed by atoms with E-state index < -0.39 is 4.92 Å². The highest BCUT2D eigenvalue weighted by Gasteiger charge is 2.20. The Balaban J connectivity index is 2.50. The molecule has 0 fully saturated rings. The largest absolute Gasteiger partial charge is 0.493 e. The molecule has 21 heavy (non-hydrogen) atoms. The Bertz CT molecular complexity index is 680. The minimum absolute atomic E-state index is 0.113. The van der Waals surface area contributed by atoms with Crippen LogP contribution in [-0.2, 0) is 6.54 Å². The van der Waals surface area contributed by atoms with Crippen molar-refractivity contribution in [2.45, 2.75) is 6.54 Å². The van der Waals surface area contributed by atoms with Gasteiger partial charge in [0.05, 0.1) is 37.3 Å². The van der Waals surface area contributed by atoms with Gasteiger partial charge in [-0.15, -0.1) is 0 Å². The van der Waals surface area contributed by atoms with E-state index in [1.54, 1.807) is 6.20 Å². The quantitative estimate of drug-likeness (QED) is 0.456. The predicted molar refractivity (Wildman–Crippen MR) is 72.9 cm³/mol. The number of nitro benzene ring substituents is 1. The number of hydrogen-bond acceptors (Lipinski definition) is 6. The van der Waals surface area contributed by atoms with Crippen molar-refractivity contribution in [1.29, 1.82) is 0 Å². The summed E-state index contributed by atoms with van der Waals surface area (Å²) in [6.45, 7) is 0.130. The van der Waals surface area contributed by atoms with Gasteiger partial charge in [-0.3, -0.25) is 14.9 Å². The van der Waals surface area contributed by atoms with Gasteiger partial charge in [0, 0.05) is 12.4 Å². The fourth-order valence-corrected chi connectivity index (χ4v) is 1.96. The van der Waals surface area contributed by atoms with Gasteiger partial charge in [0.1, 0.15) is 0 Å². The Morgan fingerprint density at radius 3 is 2.57 bits per heavy atom. The minimum atomic E-state index is -0.505. The number of ether oxygens (including phenoxy) is 2. The first-order valence-corrected chi connectivity index (χ1v) is 5.96. The number of benzene rings is 1. The molecule has 110 valence electrons. The highest BCUT2D eigenvalue weighted by Crippen LogP contribution is 2.34. The fourth-order valence-electron chi connectivity index (χ4n) is 1.96. The van der Waals surface area contributed by atoms with Gasteiger partial charge in [-0.2, -0.15) is 0 Å². The SMILES string of the molecule is COc1cc(Cn2ccnc2C=O)c([N+](=O)[O-])cc1OC. The van der Waals surface area contributed by atoms with Crippen molar-refractivity contribution in [2.75, 3.05) is 14.2 Å². The Hall–Kier alpha value is -2.90. The van der Waals surface area contributed by atoms with Crippen molar-refractivity contribution in [3.63, 3.8) is 0 Å². The van der Waals surface area contributed by atoms with E-state index in [1.807, 2.05) is 0 Å². The molecule has 2 rings (SSSR count). The van der Waals surface area contributed by atoms with Crippen molar-refractivity contribution in [3.8, 4) is 11.5 Å². The summed E-state index contributed by atoms with van der Waals surface area (Å²) < 4.78 is 11.7. The lowest BCUT2D eigenvalue weighted by molar-refractivity contribution is -0.385. The van der Waals surface area contributed by atoms with E-state index in [1.165, 1.54) is 37.1 Å². The van der Waals surface area contributed by atoms with Crippen LogP contribution in [0.5, 0.6) is 11.5 Å². The molecule has 2 aromatic rings. The van der Waals surface area contributed by atoms with Gasteiger partial charge in [0.25, 0.3) is 5.69 Å². The first-order chi connectivity index (χ1) is 10.1. The second kappa shape index (κ2) is 6.04. The number of carbonyl (C=O) groups is 1. The van der Waals surface area contributed by atoms with Crippen LogP contribution in [0.3, 0.4) is 0 Å². The number of hydrogen-bond donors (Lipinski definition) is 0. The second-order valence-electron chi connectivity index (χ2n) is 4.12. The molecule has 0 saturated heterocycles. The van der Waals surface area contributed by atoms with Crippen molar-refractivity contribution < 1.29 is 19.2 Å². The number of aromatic nitrogens is 2. The monoisotopic (exact) mass is 291 g/mol. The molecule has 0 N–H and O–H groups in total. The molecule has 1 aromatic carbocycles. The van der Waals surface area contributed by atoms with Gasteiger partial charge in [0.15, 0.2) is 23.6 Å². The minimum Gasteiger partial charge on any atom is -0.493 e. The van der Waals surface area contributed by atoms with Crippen molar-refractivity contribution in [1.82, 2.24) is 9.55 Å². The van der Waals surface area contributed by atoms with Crippen molar-refractivity contribution in [2.24, 2.45) is 0 Å². The third-order valence-corrected chi connectivity index (χ3v) is 2.98. The zero-order chi connectivity index (χ0) is 15.4. The van der Waals surface area contributed by atoms with Crippen LogP contribution < -0.4 is 9.47 Å². The van der Waals surface area contributed by atoms with E-state index in [-0.39, 0.29) is 23.8 Å². The number of imidazole rings is 1. The maximum Gasteiger partial charge on any atom is 0.278 e. The van der Waals surface area contributed by atoms with E-state index in [0.29, 0.717) is 17.6 Å². The standard InChI is InChI=1S/C13H13N3O5/c1-20-11-5-9(7-15-4-3-14-13(15)8-17)10(16(18)19)6-12(11)21-2/h3-6,8H,7H2,1-2H3. The average molecular weight is 291 g/mol. The molecule has 0 amide bonds. The highest BCUT2D eigenvalue weighted by atomic mass is 16.6. The lowest BCUT2D eigenvalue weighted by Crippen LogP contribution is -2.07. The van der Waals surface area contributed by atoms with E-state index in [2.05, 4.69) is 4.98 Å². The molecule has 0 aliphatic heterocycles. The number of aldehydes is 1. The molecule has 0 bridgehead atoms. The van der Waals surface area contributed by atoms with Gasteiger partial charge in [0.2, 0.25) is 0 Å². The molecule has 0 unspecified atom stereocenters. The Morgan fingerprint density at radius 1 is 1.33 bits per heavy atom. The van der Waals surface area contributed by atoms with E-state index >= 15 is 0 Å². The van der Waals surface area contributed by atoms with E-state index in [0.717, 1.165) is 0 Å². The molecular weight excluding hydrogens is 278 g/mol. The first kappa shape index (κ1) is 14.5. The summed E-state index contributed by atoms with van der Waals surface area (Å²) in [5.74, 6) is 0.846. The lowest BCUT2D eigenvalue weighted by Gasteiger charge is -2.11. The second-order valence-corrected chi connectivity index (χ2v) is 4.12. The molecule has 8 nitrogen and oxygen atoms in total. The fraction of sp³-hybridized carbons (Fsp3) is 0.231. The molecular formula is C13H13N3O5. The van der Waals surface area contributed by atoms with Crippen LogP contribution in [0, 0.1) is 10.1 Å². The molecule has 0 aliphatic carbocycles. The molecule has 0 spiro atoms. The summed E-state index contributed by atoms with van der Waals surface area (Å²) in [6.07, 6.45) is 3.62. The third-order valence-electron chi connectivity index (χ3n) is 2.98. The van der Waals surface area contributed by atoms with Crippen molar-refractivity contribution >= 4 is 12.0 Å². The number of methoxy groups -OCH3 is 2. The summed E-state index contributed by atoms with van der Waals surface area (Å²) in [5.41, 5.74) is 0.275. The Labute approximate surface area is 120 Å². The topological polar surface area (TPSA) is 96.5 Å². The molecule has 1 heterocycles. The van der Waals surface area contributed by atoms with Crippen LogP contribution in [0.25, 0.3) is 0 Å². The summed E-state index contributed by atoms with van der Waals surface area (Å²) >= 11 is 0. The van der Waals surface area contributed by atoms with E-state index in [4.69, 9.17) is 9.47 Å². The van der Waals surface area contributed by atoms with Gasteiger partial charge < -0.3 is 14.0 Å². The number of nitrogens with zero attached hydrogens (tertiary/aromatic N) is 3. The molecule has 0 atom stereocenters. The van der Waals surface area contributed by atoms with Crippen LogP contribution in [0.4, 0.5) is 5.69 Å². The summed E-state index contributed by atoms with van der Waals surface area (Å²) in [7, 11) is 2.85. The summed E-state index contributed by atoms with van der Waals surface area (Å²) in [4.78, 5) is 25.4. The zero-order valence-electron chi connectivity index (χ0n) is 11.5. The van der Waals surface area contributed by atoms with Crippen LogP contribution in [0.2, 0.25) is 0 Å². The Morgan fingerprint density at radius 2 is 2.00 bits per heavy atom. The number of carbonyl (C=O) groups excluding carboxylic acids is 1. The van der Waals surface area contributed by atoms with Crippen LogP contribution >= 0.6 is 0 Å². The summed E-state index contributed by atoms with van der Waals surface area (Å²) in [5, 5.41) is 11.2. The summed E-state index contributed by atoms with van der Waals surface area (Å²) in [6, 6.07) is 2.82. The smallest absolute Gasteiger partial charge is 0.278 e. The molecule has 0 saturated carbocycles. The first-order valence-electron chi connectivity index (χ1n) is 5.96. The van der Waals surface area contributed by atoms with Crippen LogP contribution in [-0.4, -0.2) is 35.0 Å². The highest BCUT2D eigenvalue weighted by molar-refractivity contribution is 5.69. The lowest BCUT2D eigenvalue weighted by atomic mass is 10.1. The predicted octanol–water partition coefficient (Wildman–Crippen LogP) is 1.67. The Kier molecular flexibility index (Phi) is 4.17. The molecule has 1 aromatic heterocycles. The van der Waals surface area contributed by atoms with Gasteiger partial charge in [-0.25, -0.2) is 4.98 Å². The van der Waals surface area contributed by atoms with E-state index in [9.17, 15) is 14.9 Å². The average Bonchev–Trinajstić information content (AvgIpc) is 2.93. The molecule has 0 radical (unpaired) electrons. The molecule has 8 heteroatoms. The van der Waals surface area contributed by atoms with Gasteiger partial charge in [-0.1, -0.05) is 0 Å². The third kappa shape index (κ3) is 2.83. The van der Waals surface area contributed by atoms with Crippen LogP contribution in [0.15, 0.2) is 24.5 Å². The zero-order valence-corrected chi connectivity index (χ0v) is 11.5. The molecule has 0 aliphatic rings. The van der Waals surface area contributed by atoms with Crippen LogP contribution in [0.1, 0.15) is 16.2 Å². The van der Waals surface area contributed by atoms with Crippen molar-refractivity contribution in [3.05, 3.63) is 46.0 Å². The normalized spacial score (nSPS) is 10.2. The van der Waals surface area contributed by atoms with Gasteiger partial charge in [-0.05, 0) is 6.07 Å². The maximum atomic E-state index is 11.2. The number of rotatable bonds is 6. The van der Waals surface area contributed by atoms with Gasteiger partial charge >= 0.3 is 0 Å². The maximum absolute atomic E-state index is 11.2. The number of nitro groups is 1.